The molecule has 0 unspecified atom stereocenters. The second kappa shape index (κ2) is 14.0. The first-order valence-electron chi connectivity index (χ1n) is 16.7. The molecule has 252 valence electrons. The molecule has 1 spiro atoms. The second-order valence-electron chi connectivity index (χ2n) is 13.3. The number of rotatable bonds is 13. The fraction of sp³-hybridized carbons (Fsp3) is 0.500. The van der Waals surface area contributed by atoms with E-state index in [9.17, 15) is 18.0 Å². The van der Waals surface area contributed by atoms with Gasteiger partial charge in [0.1, 0.15) is 11.4 Å². The van der Waals surface area contributed by atoms with E-state index in [1.54, 1.807) is 44.0 Å². The molecule has 0 radical (unpaired) electrons. The van der Waals surface area contributed by atoms with E-state index in [-0.39, 0.29) is 22.6 Å². The van der Waals surface area contributed by atoms with Crippen LogP contribution in [0.4, 0.5) is 11.6 Å². The number of sulfonamides is 1. The van der Waals surface area contributed by atoms with Crippen molar-refractivity contribution in [2.45, 2.75) is 109 Å². The maximum atomic E-state index is 13.9. The molecule has 10 nitrogen and oxygen atoms in total. The van der Waals surface area contributed by atoms with Gasteiger partial charge in [-0.1, -0.05) is 75.5 Å². The highest BCUT2D eigenvalue weighted by Gasteiger charge is 2.49. The Bertz CT molecular complexity index is 1770. The van der Waals surface area contributed by atoms with Gasteiger partial charge in [0.15, 0.2) is 0 Å². The number of nitrogens with zero attached hydrogens (tertiary/aromatic N) is 4. The molecule has 1 aromatic heterocycles. The lowest BCUT2D eigenvalue weighted by Crippen LogP contribution is -2.40. The Balaban J connectivity index is 1.55. The summed E-state index contributed by atoms with van der Waals surface area (Å²) in [5.41, 5.74) is 2.98. The number of anilines is 2. The van der Waals surface area contributed by atoms with Crippen molar-refractivity contribution in [2.24, 2.45) is 10.9 Å². The van der Waals surface area contributed by atoms with Crippen LogP contribution in [0, 0.1) is 19.8 Å². The molecule has 0 atom stereocenters. The van der Waals surface area contributed by atoms with E-state index < -0.39 is 15.6 Å². The van der Waals surface area contributed by atoms with Crippen molar-refractivity contribution in [2.75, 3.05) is 16.7 Å². The molecule has 3 aromatic rings. The third kappa shape index (κ3) is 7.15. The van der Waals surface area contributed by atoms with Crippen molar-refractivity contribution in [3.63, 3.8) is 0 Å². The maximum absolute atomic E-state index is 13.9. The number of aliphatic imine (C=N–C) groups is 1. The Labute approximate surface area is 278 Å². The fourth-order valence-corrected chi connectivity index (χ4v) is 7.66. The van der Waals surface area contributed by atoms with E-state index in [4.69, 9.17) is 9.52 Å². The fourth-order valence-electron chi connectivity index (χ4n) is 6.39. The number of hydrogen-bond donors (Lipinski definition) is 1. The minimum atomic E-state index is -4.11. The van der Waals surface area contributed by atoms with Crippen LogP contribution in [0.5, 0.6) is 0 Å². The molecule has 1 saturated carbocycles. The van der Waals surface area contributed by atoms with E-state index in [0.717, 1.165) is 62.8 Å². The lowest BCUT2D eigenvalue weighted by Gasteiger charge is -2.26. The number of hydrogen-bond acceptors (Lipinski definition) is 7. The normalized spacial score (nSPS) is 15.9. The summed E-state index contributed by atoms with van der Waals surface area (Å²) in [6.07, 6.45) is 7.33. The first-order chi connectivity index (χ1) is 22.4. The highest BCUT2D eigenvalue weighted by atomic mass is 32.2. The number of amides is 2. The highest BCUT2D eigenvalue weighted by molar-refractivity contribution is 7.92. The minimum Gasteiger partial charge on any atom is -0.337 e. The van der Waals surface area contributed by atoms with E-state index in [2.05, 4.69) is 30.6 Å². The number of aromatic nitrogens is 1. The molecular weight excluding hydrogens is 614 g/mol. The Morgan fingerprint density at radius 3 is 2.49 bits per heavy atom. The Hall–Kier alpha value is -3.99. The van der Waals surface area contributed by atoms with Gasteiger partial charge < -0.3 is 9.42 Å². The molecule has 0 saturated heterocycles. The van der Waals surface area contributed by atoms with E-state index in [1.165, 1.54) is 6.07 Å². The van der Waals surface area contributed by atoms with Gasteiger partial charge in [-0.25, -0.2) is 13.1 Å². The Morgan fingerprint density at radius 1 is 1.11 bits per heavy atom. The van der Waals surface area contributed by atoms with Gasteiger partial charge in [-0.15, -0.1) is 0 Å². The molecule has 2 heterocycles. The molecule has 0 bridgehead atoms. The van der Waals surface area contributed by atoms with Crippen molar-refractivity contribution in [3.8, 4) is 11.1 Å². The average Bonchev–Trinajstić information content (AvgIpc) is 3.73. The minimum absolute atomic E-state index is 0.0392. The largest absolute Gasteiger partial charge is 0.337 e. The zero-order chi connectivity index (χ0) is 33.9. The van der Waals surface area contributed by atoms with Crippen LogP contribution in [0.25, 0.3) is 11.1 Å². The second-order valence-corrected chi connectivity index (χ2v) is 15.0. The summed E-state index contributed by atoms with van der Waals surface area (Å²) in [4.78, 5) is 35.9. The van der Waals surface area contributed by atoms with Crippen LogP contribution < -0.4 is 9.62 Å². The summed E-state index contributed by atoms with van der Waals surface area (Å²) in [6.45, 7) is 10.1. The zero-order valence-corrected chi connectivity index (χ0v) is 29.2. The smallest absolute Gasteiger partial charge is 0.264 e. The first kappa shape index (κ1) is 34.3. The average molecular weight is 662 g/mol. The molecule has 11 heteroatoms. The lowest BCUT2D eigenvalue weighted by molar-refractivity contribution is -0.131. The molecular formula is C36H47N5O5S. The third-order valence-corrected chi connectivity index (χ3v) is 10.8. The Kier molecular flexibility index (Phi) is 10.2. The van der Waals surface area contributed by atoms with Gasteiger partial charge in [-0.3, -0.25) is 19.5 Å². The molecule has 1 N–H and O–H groups in total. The molecule has 1 fully saturated rings. The van der Waals surface area contributed by atoms with Gasteiger partial charge in [0.25, 0.3) is 15.9 Å². The quantitative estimate of drug-likeness (QED) is 0.204. The van der Waals surface area contributed by atoms with Crippen LogP contribution in [0.3, 0.4) is 0 Å². The number of aryl methyl sites for hydroxylation is 1. The highest BCUT2D eigenvalue weighted by Crippen LogP contribution is 2.41. The van der Waals surface area contributed by atoms with Gasteiger partial charge in [0.2, 0.25) is 11.8 Å². The van der Waals surface area contributed by atoms with Crippen LogP contribution in [0.15, 0.2) is 56.9 Å². The molecule has 2 amide bonds. The topological polar surface area (TPSA) is 125 Å². The van der Waals surface area contributed by atoms with Crippen molar-refractivity contribution in [1.29, 1.82) is 0 Å². The lowest BCUT2D eigenvalue weighted by atomic mass is 9.97. The number of amidine groups is 1. The number of carbonyl (C=O) groups is 2. The van der Waals surface area contributed by atoms with Gasteiger partial charge in [-0.2, -0.15) is 0 Å². The summed E-state index contributed by atoms with van der Waals surface area (Å²) in [5, 5.41) is 3.88. The summed E-state index contributed by atoms with van der Waals surface area (Å²) in [5.74, 6) is 1.24. The van der Waals surface area contributed by atoms with E-state index >= 15 is 0 Å². The maximum Gasteiger partial charge on any atom is 0.264 e. The van der Waals surface area contributed by atoms with Gasteiger partial charge in [0, 0.05) is 36.6 Å². The van der Waals surface area contributed by atoms with Gasteiger partial charge in [-0.05, 0) is 63.1 Å². The van der Waals surface area contributed by atoms with Crippen LogP contribution in [-0.2, 0) is 26.2 Å². The van der Waals surface area contributed by atoms with Crippen molar-refractivity contribution < 1.29 is 22.5 Å². The molecule has 1 aliphatic heterocycles. The zero-order valence-electron chi connectivity index (χ0n) is 28.4. The predicted molar refractivity (Wildman–Crippen MR) is 185 cm³/mol. The van der Waals surface area contributed by atoms with Crippen molar-refractivity contribution >= 4 is 39.2 Å². The molecule has 47 heavy (non-hydrogen) atoms. The monoisotopic (exact) mass is 661 g/mol. The molecule has 2 aromatic carbocycles. The van der Waals surface area contributed by atoms with Gasteiger partial charge in [0.05, 0.1) is 22.8 Å². The summed E-state index contributed by atoms with van der Waals surface area (Å²) in [7, 11) is -2.38. The number of benzene rings is 2. The number of carbonyl (C=O) groups excluding carboxylic acids is 2. The van der Waals surface area contributed by atoms with Crippen LogP contribution in [0.1, 0.15) is 95.4 Å². The summed E-state index contributed by atoms with van der Waals surface area (Å²) >= 11 is 0. The van der Waals surface area contributed by atoms with E-state index in [0.29, 0.717) is 47.0 Å². The van der Waals surface area contributed by atoms with Crippen molar-refractivity contribution in [1.82, 2.24) is 10.1 Å². The SMILES string of the molecule is CCCCC1=NC2(CCCC2)C(=O)N1Cc1ccc(-c2ccccc2S(=O)(=O)Nc2onc(C)c2C)c(N(C)C(=O)CCC(C)C)c1. The first-order valence-corrected chi connectivity index (χ1v) is 18.2. The molecule has 5 rings (SSSR count). The van der Waals surface area contributed by atoms with E-state index in [1.807, 2.05) is 23.1 Å². The van der Waals surface area contributed by atoms with Crippen LogP contribution >= 0.6 is 0 Å². The third-order valence-electron chi connectivity index (χ3n) is 9.41. The van der Waals surface area contributed by atoms with Gasteiger partial charge >= 0.3 is 0 Å². The number of nitrogens with one attached hydrogen (secondary N) is 1. The van der Waals surface area contributed by atoms with Crippen LogP contribution in [-0.4, -0.2) is 48.7 Å². The standard InChI is InChI=1S/C36H47N5O5S/c1-7-8-15-32-37-36(20-11-12-21-36)35(43)41(32)23-27-17-18-28(30(22-27)40(6)33(42)19-16-24(2)3)29-13-9-10-14-31(29)47(44,45)39-34-25(4)26(5)38-46-34/h9-10,13-14,17-18,22,24,39H,7-8,11-12,15-16,19-21,23H2,1-6H3. The van der Waals surface area contributed by atoms with Crippen molar-refractivity contribution in [3.05, 3.63) is 59.3 Å². The van der Waals surface area contributed by atoms with Crippen LogP contribution in [0.2, 0.25) is 0 Å². The summed E-state index contributed by atoms with van der Waals surface area (Å²) in [6, 6.07) is 12.4. The Morgan fingerprint density at radius 2 is 1.83 bits per heavy atom. The predicted octanol–water partition coefficient (Wildman–Crippen LogP) is 7.40. The number of unbranched alkanes of at least 4 members (excludes halogenated alkanes) is 1. The molecule has 1 aliphatic carbocycles. The summed E-state index contributed by atoms with van der Waals surface area (Å²) < 4.78 is 35.4. The molecule has 2 aliphatic rings.